The second-order valence-corrected chi connectivity index (χ2v) is 6.91. The smallest absolute Gasteiger partial charge is 0.231 e. The van der Waals surface area contributed by atoms with E-state index in [1.165, 1.54) is 12.1 Å². The molecule has 0 aliphatic carbocycles. The predicted molar refractivity (Wildman–Crippen MR) is 106 cm³/mol. The quantitative estimate of drug-likeness (QED) is 0.510. The van der Waals surface area contributed by atoms with Crippen molar-refractivity contribution in [3.8, 4) is 11.5 Å². The monoisotopic (exact) mass is 394 g/mol. The van der Waals surface area contributed by atoms with Crippen LogP contribution >= 0.6 is 11.6 Å². The summed E-state index contributed by atoms with van der Waals surface area (Å²) in [6.07, 6.45) is 1.67. The molecule has 0 aromatic heterocycles. The van der Waals surface area contributed by atoms with Crippen molar-refractivity contribution in [2.45, 2.75) is 13.5 Å². The summed E-state index contributed by atoms with van der Waals surface area (Å²) in [6.45, 7) is 2.13. The van der Waals surface area contributed by atoms with Crippen LogP contribution in [-0.2, 0) is 6.61 Å². The van der Waals surface area contributed by atoms with Gasteiger partial charge in [0, 0.05) is 10.6 Å². The molecule has 3 nitrogen and oxygen atoms in total. The van der Waals surface area contributed by atoms with Crippen LogP contribution in [0.15, 0.2) is 66.4 Å². The van der Waals surface area contributed by atoms with Gasteiger partial charge in [0.25, 0.3) is 0 Å². The van der Waals surface area contributed by atoms with E-state index in [-0.39, 0.29) is 17.4 Å². The van der Waals surface area contributed by atoms with Gasteiger partial charge >= 0.3 is 0 Å². The Morgan fingerprint density at radius 2 is 1.89 bits per heavy atom. The summed E-state index contributed by atoms with van der Waals surface area (Å²) in [5, 5.41) is 0.588. The highest BCUT2D eigenvalue weighted by Crippen LogP contribution is 2.39. The van der Waals surface area contributed by atoms with Gasteiger partial charge in [0.05, 0.1) is 5.56 Å². The maximum atomic E-state index is 13.0. The molecule has 1 aliphatic rings. The maximum absolute atomic E-state index is 13.0. The molecule has 3 aromatic rings. The van der Waals surface area contributed by atoms with Gasteiger partial charge in [-0.2, -0.15) is 0 Å². The first-order valence-electron chi connectivity index (χ1n) is 8.72. The summed E-state index contributed by atoms with van der Waals surface area (Å²) < 4.78 is 24.7. The molecule has 28 heavy (non-hydrogen) atoms. The summed E-state index contributed by atoms with van der Waals surface area (Å²) in [4.78, 5) is 12.7. The first-order valence-corrected chi connectivity index (χ1v) is 9.10. The molecule has 0 bridgehead atoms. The largest absolute Gasteiger partial charge is 0.488 e. The van der Waals surface area contributed by atoms with Crippen molar-refractivity contribution in [2.75, 3.05) is 0 Å². The molecule has 1 aliphatic heterocycles. The molecule has 0 amide bonds. The first-order chi connectivity index (χ1) is 13.5. The zero-order chi connectivity index (χ0) is 19.7. The number of Topliss-reactive ketones (excluding diaryl/α,β-unsaturated/α-hetero) is 1. The Labute approximate surface area is 167 Å². The highest BCUT2D eigenvalue weighted by molar-refractivity contribution is 6.30. The number of rotatable bonds is 4. The van der Waals surface area contributed by atoms with E-state index in [0.29, 0.717) is 28.7 Å². The van der Waals surface area contributed by atoms with E-state index in [1.54, 1.807) is 42.5 Å². The number of halogens is 2. The van der Waals surface area contributed by atoms with Crippen LogP contribution in [-0.4, -0.2) is 5.78 Å². The molecule has 0 saturated carbocycles. The maximum Gasteiger partial charge on any atom is 0.231 e. The lowest BCUT2D eigenvalue weighted by atomic mass is 10.1. The Hall–Kier alpha value is -3.11. The number of benzene rings is 3. The fourth-order valence-electron chi connectivity index (χ4n) is 3.01. The molecule has 1 heterocycles. The number of hydrogen-bond acceptors (Lipinski definition) is 3. The number of fused-ring (bicyclic) bond motifs is 1. The van der Waals surface area contributed by atoms with Gasteiger partial charge in [0.2, 0.25) is 5.78 Å². The molecule has 0 spiro atoms. The second-order valence-electron chi connectivity index (χ2n) is 6.48. The zero-order valence-corrected chi connectivity index (χ0v) is 15.8. The van der Waals surface area contributed by atoms with Gasteiger partial charge in [0.15, 0.2) is 5.76 Å². The van der Waals surface area contributed by atoms with E-state index in [2.05, 4.69) is 0 Å². The minimum Gasteiger partial charge on any atom is -0.488 e. The van der Waals surface area contributed by atoms with Crippen LogP contribution in [0.2, 0.25) is 5.02 Å². The van der Waals surface area contributed by atoms with Crippen LogP contribution < -0.4 is 9.47 Å². The van der Waals surface area contributed by atoms with Gasteiger partial charge in [-0.15, -0.1) is 0 Å². The normalized spacial score (nSPS) is 14.1. The lowest BCUT2D eigenvalue weighted by molar-refractivity contribution is 0.101. The molecule has 5 heteroatoms. The topological polar surface area (TPSA) is 35.5 Å². The average Bonchev–Trinajstić information content (AvgIpc) is 2.99. The van der Waals surface area contributed by atoms with Gasteiger partial charge in [0.1, 0.15) is 23.9 Å². The Balaban J connectivity index is 1.57. The fraction of sp³-hybridized carbons (Fsp3) is 0.0870. The van der Waals surface area contributed by atoms with Crippen molar-refractivity contribution in [1.82, 2.24) is 0 Å². The van der Waals surface area contributed by atoms with E-state index in [4.69, 9.17) is 21.1 Å². The number of allylic oxidation sites excluding steroid dienone is 1. The number of carbonyl (C=O) groups is 1. The van der Waals surface area contributed by atoms with Crippen molar-refractivity contribution in [1.29, 1.82) is 0 Å². The van der Waals surface area contributed by atoms with Crippen molar-refractivity contribution in [3.63, 3.8) is 0 Å². The lowest BCUT2D eigenvalue weighted by Crippen LogP contribution is -1.98. The van der Waals surface area contributed by atoms with Crippen LogP contribution in [0.4, 0.5) is 4.39 Å². The van der Waals surface area contributed by atoms with E-state index in [1.807, 2.05) is 19.1 Å². The van der Waals surface area contributed by atoms with Gasteiger partial charge in [-0.3, -0.25) is 4.79 Å². The minimum atomic E-state index is -0.289. The molecular formula is C23H16ClFO3. The molecule has 4 rings (SSSR count). The molecule has 3 aromatic carbocycles. The molecule has 0 N–H and O–H groups in total. The fourth-order valence-corrected chi connectivity index (χ4v) is 3.21. The number of hydrogen-bond donors (Lipinski definition) is 0. The highest BCUT2D eigenvalue weighted by atomic mass is 35.5. The Kier molecular flexibility index (Phi) is 4.88. The Bertz CT molecular complexity index is 1090. The van der Waals surface area contributed by atoms with Gasteiger partial charge in [-0.05, 0) is 60.5 Å². The highest BCUT2D eigenvalue weighted by Gasteiger charge is 2.30. The van der Waals surface area contributed by atoms with E-state index < -0.39 is 0 Å². The zero-order valence-electron chi connectivity index (χ0n) is 15.0. The summed E-state index contributed by atoms with van der Waals surface area (Å²) in [5.74, 6) is 0.886. The Morgan fingerprint density at radius 3 is 2.64 bits per heavy atom. The Morgan fingerprint density at radius 1 is 1.11 bits per heavy atom. The molecule has 0 saturated heterocycles. The SMILES string of the molecule is Cc1c(OCc2ccc(F)cc2)ccc2c1O/C(=C\c1cccc(Cl)c1)C2=O. The summed E-state index contributed by atoms with van der Waals surface area (Å²) in [7, 11) is 0. The van der Waals surface area contributed by atoms with Gasteiger partial charge in [-0.1, -0.05) is 35.9 Å². The van der Waals surface area contributed by atoms with Crippen molar-refractivity contribution in [3.05, 3.63) is 99.5 Å². The molecule has 140 valence electrons. The molecule has 0 fully saturated rings. The predicted octanol–water partition coefficient (Wildman–Crippen LogP) is 5.98. The third-order valence-corrected chi connectivity index (χ3v) is 4.73. The van der Waals surface area contributed by atoms with E-state index >= 15 is 0 Å². The van der Waals surface area contributed by atoms with Crippen molar-refractivity contribution in [2.24, 2.45) is 0 Å². The summed E-state index contributed by atoms with van der Waals surface area (Å²) >= 11 is 6.00. The number of carbonyl (C=O) groups excluding carboxylic acids is 1. The van der Waals surface area contributed by atoms with E-state index in [0.717, 1.165) is 16.7 Å². The van der Waals surface area contributed by atoms with Crippen LogP contribution in [0.5, 0.6) is 11.5 Å². The number of ether oxygens (including phenoxy) is 2. The lowest BCUT2D eigenvalue weighted by Gasteiger charge is -2.11. The third-order valence-electron chi connectivity index (χ3n) is 4.49. The van der Waals surface area contributed by atoms with Crippen LogP contribution in [0.3, 0.4) is 0 Å². The van der Waals surface area contributed by atoms with Crippen LogP contribution in [0.1, 0.15) is 27.0 Å². The van der Waals surface area contributed by atoms with E-state index in [9.17, 15) is 9.18 Å². The van der Waals surface area contributed by atoms with Gasteiger partial charge in [-0.25, -0.2) is 4.39 Å². The molecule has 0 radical (unpaired) electrons. The standard InChI is InChI=1S/C23H16ClFO3/c1-14-20(27-13-15-5-7-18(25)8-6-15)10-9-19-22(26)21(28-23(14)19)12-16-3-2-4-17(24)11-16/h2-12H,13H2,1H3/b21-12-. The summed E-state index contributed by atoms with van der Waals surface area (Å²) in [5.41, 5.74) is 2.87. The molecule has 0 atom stereocenters. The van der Waals surface area contributed by atoms with Crippen LogP contribution in [0, 0.1) is 12.7 Å². The summed E-state index contributed by atoms with van der Waals surface area (Å²) in [6, 6.07) is 16.8. The molecule has 0 unspecified atom stereocenters. The minimum absolute atomic E-state index is 0.178. The first kappa shape index (κ1) is 18.3. The average molecular weight is 395 g/mol. The van der Waals surface area contributed by atoms with Crippen LogP contribution in [0.25, 0.3) is 6.08 Å². The van der Waals surface area contributed by atoms with Crippen molar-refractivity contribution < 1.29 is 18.7 Å². The van der Waals surface area contributed by atoms with Crippen molar-refractivity contribution >= 4 is 23.5 Å². The molecular weight excluding hydrogens is 379 g/mol. The second kappa shape index (κ2) is 7.49. The third kappa shape index (κ3) is 3.64. The number of ketones is 1. The van der Waals surface area contributed by atoms with Gasteiger partial charge < -0.3 is 9.47 Å².